The molecule has 38 heavy (non-hydrogen) atoms. The zero-order valence-corrected chi connectivity index (χ0v) is 23.9. The summed E-state index contributed by atoms with van der Waals surface area (Å²) in [6, 6.07) is 1.22. The maximum absolute atomic E-state index is 6.15. The topological polar surface area (TPSA) is 100 Å². The van der Waals surface area contributed by atoms with Gasteiger partial charge in [-0.05, 0) is 96.2 Å². The minimum Gasteiger partial charge on any atom is -0.351 e. The number of hydrazine groups is 1. The highest BCUT2D eigenvalue weighted by molar-refractivity contribution is 5.84. The van der Waals surface area contributed by atoms with Crippen molar-refractivity contribution in [3.63, 3.8) is 0 Å². The summed E-state index contributed by atoms with van der Waals surface area (Å²) in [5.74, 6) is 2.38. The number of fused-ring (bicyclic) bond motifs is 1. The molecule has 212 valence electrons. The number of hydrogen-bond donors (Lipinski definition) is 3. The standard InChI is InChI=1S/C29H51N9/c1-3-16-36(17-4-2)18-13-22-14-19-37(20-15-22)35-27-26-28(38(21-31-26)25-7-5-6-8-25)34-29(33-27)32-24-11-9-23(30)10-12-24/h21-25H,3-20,30H2,1-2H3,(H2,32,33,34,35). The van der Waals surface area contributed by atoms with Crippen molar-refractivity contribution < 1.29 is 0 Å². The Hall–Kier alpha value is -1.97. The molecular weight excluding hydrogens is 474 g/mol. The molecule has 0 unspecified atom stereocenters. The summed E-state index contributed by atoms with van der Waals surface area (Å²) in [6.07, 6.45) is 17.6. The smallest absolute Gasteiger partial charge is 0.227 e. The molecule has 0 radical (unpaired) electrons. The number of hydrogen-bond acceptors (Lipinski definition) is 8. The summed E-state index contributed by atoms with van der Waals surface area (Å²) in [5.41, 5.74) is 11.7. The van der Waals surface area contributed by atoms with Crippen molar-refractivity contribution >= 4 is 22.9 Å². The zero-order valence-electron chi connectivity index (χ0n) is 23.9. The van der Waals surface area contributed by atoms with Gasteiger partial charge in [-0.3, -0.25) is 0 Å². The first-order valence-electron chi connectivity index (χ1n) is 15.6. The summed E-state index contributed by atoms with van der Waals surface area (Å²) in [5, 5.41) is 6.00. The van der Waals surface area contributed by atoms with Crippen LogP contribution in [0.25, 0.3) is 11.2 Å². The number of nitrogens with two attached hydrogens (primary N) is 1. The van der Waals surface area contributed by atoms with E-state index in [0.29, 0.717) is 18.1 Å². The molecule has 0 amide bonds. The third-order valence-corrected chi connectivity index (χ3v) is 9.06. The zero-order chi connectivity index (χ0) is 26.3. The SMILES string of the molecule is CCCN(CCC)CCC1CCN(Nc2nc(NC3CCC(N)CC3)nc3c2ncn3C2CCCC2)CC1. The summed E-state index contributed by atoms with van der Waals surface area (Å²) in [4.78, 5) is 17.5. The molecule has 9 nitrogen and oxygen atoms in total. The van der Waals surface area contributed by atoms with Crippen LogP contribution in [-0.2, 0) is 0 Å². The lowest BCUT2D eigenvalue weighted by Crippen LogP contribution is -2.39. The number of piperidine rings is 1. The molecule has 1 aliphatic heterocycles. The number of anilines is 2. The van der Waals surface area contributed by atoms with Crippen LogP contribution in [0.5, 0.6) is 0 Å². The number of nitrogens with zero attached hydrogens (tertiary/aromatic N) is 6. The van der Waals surface area contributed by atoms with Gasteiger partial charge < -0.3 is 25.9 Å². The van der Waals surface area contributed by atoms with E-state index in [2.05, 4.69) is 39.1 Å². The van der Waals surface area contributed by atoms with E-state index in [-0.39, 0.29) is 0 Å². The van der Waals surface area contributed by atoms with Crippen molar-refractivity contribution in [3.05, 3.63) is 6.33 Å². The fourth-order valence-corrected chi connectivity index (χ4v) is 6.77. The predicted octanol–water partition coefficient (Wildman–Crippen LogP) is 5.17. The van der Waals surface area contributed by atoms with Gasteiger partial charge in [-0.15, -0.1) is 0 Å². The van der Waals surface area contributed by atoms with Gasteiger partial charge in [-0.2, -0.15) is 9.97 Å². The van der Waals surface area contributed by atoms with Gasteiger partial charge in [-0.1, -0.05) is 26.7 Å². The van der Waals surface area contributed by atoms with E-state index in [1.807, 2.05) is 6.33 Å². The molecule has 2 aromatic heterocycles. The van der Waals surface area contributed by atoms with Crippen LogP contribution in [0, 0.1) is 5.92 Å². The maximum Gasteiger partial charge on any atom is 0.227 e. The number of nitrogens with one attached hydrogen (secondary N) is 2. The lowest BCUT2D eigenvalue weighted by Gasteiger charge is -2.33. The first-order chi connectivity index (χ1) is 18.6. The molecular formula is C29H51N9. The average Bonchev–Trinajstić information content (AvgIpc) is 3.60. The second-order valence-corrected chi connectivity index (χ2v) is 12.1. The van der Waals surface area contributed by atoms with Crippen LogP contribution in [0.15, 0.2) is 6.33 Å². The lowest BCUT2D eigenvalue weighted by atomic mass is 9.92. The van der Waals surface area contributed by atoms with Crippen molar-refractivity contribution in [1.82, 2.24) is 29.4 Å². The molecule has 9 heteroatoms. The van der Waals surface area contributed by atoms with E-state index in [1.165, 1.54) is 77.4 Å². The minimum atomic E-state index is 0.335. The molecule has 3 heterocycles. The fraction of sp³-hybridized carbons (Fsp3) is 0.828. The summed E-state index contributed by atoms with van der Waals surface area (Å²) in [6.45, 7) is 10.4. The Morgan fingerprint density at radius 1 is 0.921 bits per heavy atom. The van der Waals surface area contributed by atoms with Gasteiger partial charge in [0.05, 0.1) is 6.33 Å². The number of imidazole rings is 1. The molecule has 2 saturated carbocycles. The van der Waals surface area contributed by atoms with Gasteiger partial charge in [0.1, 0.15) is 0 Å². The van der Waals surface area contributed by atoms with E-state index in [4.69, 9.17) is 20.7 Å². The van der Waals surface area contributed by atoms with Crippen LogP contribution >= 0.6 is 0 Å². The lowest BCUT2D eigenvalue weighted by molar-refractivity contribution is 0.184. The molecule has 0 atom stereocenters. The molecule has 0 aromatic carbocycles. The van der Waals surface area contributed by atoms with Gasteiger partial charge in [0.25, 0.3) is 0 Å². The molecule has 3 fully saturated rings. The molecule has 0 spiro atoms. The van der Waals surface area contributed by atoms with Gasteiger partial charge in [-0.25, -0.2) is 9.99 Å². The first-order valence-corrected chi connectivity index (χ1v) is 15.6. The Bertz CT molecular complexity index is 979. The summed E-state index contributed by atoms with van der Waals surface area (Å²) >= 11 is 0. The second-order valence-electron chi connectivity index (χ2n) is 12.1. The third kappa shape index (κ3) is 6.96. The van der Waals surface area contributed by atoms with Crippen molar-refractivity contribution in [3.8, 4) is 0 Å². The Balaban J connectivity index is 1.25. The highest BCUT2D eigenvalue weighted by Crippen LogP contribution is 2.34. The maximum atomic E-state index is 6.15. The quantitative estimate of drug-likeness (QED) is 0.349. The molecule has 1 saturated heterocycles. The van der Waals surface area contributed by atoms with E-state index >= 15 is 0 Å². The minimum absolute atomic E-state index is 0.335. The van der Waals surface area contributed by atoms with Gasteiger partial charge in [0, 0.05) is 31.2 Å². The third-order valence-electron chi connectivity index (χ3n) is 9.06. The van der Waals surface area contributed by atoms with Crippen LogP contribution in [0.3, 0.4) is 0 Å². The first kappa shape index (κ1) is 27.6. The summed E-state index contributed by atoms with van der Waals surface area (Å²) in [7, 11) is 0. The molecule has 0 bridgehead atoms. The van der Waals surface area contributed by atoms with Crippen LogP contribution in [0.1, 0.15) is 103 Å². The molecule has 4 N–H and O–H groups in total. The molecule has 2 aromatic rings. The van der Waals surface area contributed by atoms with Crippen LogP contribution in [0.2, 0.25) is 0 Å². The van der Waals surface area contributed by atoms with Gasteiger partial charge in [0.2, 0.25) is 5.95 Å². The highest BCUT2D eigenvalue weighted by Gasteiger charge is 2.26. The second kappa shape index (κ2) is 13.4. The fourth-order valence-electron chi connectivity index (χ4n) is 6.77. The monoisotopic (exact) mass is 525 g/mol. The molecule has 3 aliphatic rings. The average molecular weight is 526 g/mol. The van der Waals surface area contributed by atoms with E-state index < -0.39 is 0 Å². The van der Waals surface area contributed by atoms with Crippen LogP contribution in [-0.4, -0.2) is 74.2 Å². The van der Waals surface area contributed by atoms with Gasteiger partial charge >= 0.3 is 0 Å². The van der Waals surface area contributed by atoms with E-state index in [1.54, 1.807) is 0 Å². The highest BCUT2D eigenvalue weighted by atomic mass is 15.5. The van der Waals surface area contributed by atoms with Gasteiger partial charge in [0.15, 0.2) is 17.0 Å². The Morgan fingerprint density at radius 3 is 2.32 bits per heavy atom. The Kier molecular flexibility index (Phi) is 9.73. The number of rotatable bonds is 12. The van der Waals surface area contributed by atoms with E-state index in [9.17, 15) is 0 Å². The van der Waals surface area contributed by atoms with Crippen molar-refractivity contribution in [1.29, 1.82) is 0 Å². The largest absolute Gasteiger partial charge is 0.351 e. The Labute approximate surface area is 229 Å². The van der Waals surface area contributed by atoms with Crippen molar-refractivity contribution in [2.75, 3.05) is 43.5 Å². The summed E-state index contributed by atoms with van der Waals surface area (Å²) < 4.78 is 2.31. The molecule has 2 aliphatic carbocycles. The van der Waals surface area contributed by atoms with Crippen molar-refractivity contribution in [2.45, 2.75) is 115 Å². The predicted molar refractivity (Wildman–Crippen MR) is 156 cm³/mol. The Morgan fingerprint density at radius 2 is 1.63 bits per heavy atom. The van der Waals surface area contributed by atoms with Crippen molar-refractivity contribution in [2.24, 2.45) is 11.7 Å². The van der Waals surface area contributed by atoms with Crippen LogP contribution in [0.4, 0.5) is 11.8 Å². The normalized spacial score (nSPS) is 24.0. The van der Waals surface area contributed by atoms with Crippen LogP contribution < -0.4 is 16.5 Å². The number of aromatic nitrogens is 4. The van der Waals surface area contributed by atoms with E-state index in [0.717, 1.165) is 67.6 Å². The molecule has 5 rings (SSSR count).